The van der Waals surface area contributed by atoms with Crippen LogP contribution in [-0.4, -0.2) is 18.3 Å². The summed E-state index contributed by atoms with van der Waals surface area (Å²) < 4.78 is 12.1. The number of rotatable bonds is 3. The molecule has 1 spiro atoms. The van der Waals surface area contributed by atoms with Gasteiger partial charge in [-0.1, -0.05) is 39.7 Å². The van der Waals surface area contributed by atoms with Gasteiger partial charge in [0.2, 0.25) is 0 Å². The van der Waals surface area contributed by atoms with Crippen molar-refractivity contribution in [1.29, 1.82) is 0 Å². The first-order valence-electron chi connectivity index (χ1n) is 6.86. The minimum absolute atomic E-state index is 0.110. The van der Waals surface area contributed by atoms with E-state index in [-0.39, 0.29) is 11.7 Å². The van der Waals surface area contributed by atoms with Gasteiger partial charge in [0.15, 0.2) is 0 Å². The predicted molar refractivity (Wildman–Crippen MR) is 80.3 cm³/mol. The van der Waals surface area contributed by atoms with Gasteiger partial charge in [-0.25, -0.2) is 0 Å². The van der Waals surface area contributed by atoms with Crippen LogP contribution in [-0.2, 0) is 10.1 Å². The Balaban J connectivity index is 1.74. The molecule has 2 aliphatic rings. The standard InChI is InChI=1S/C15H18BrClO2/c16-10-11-3-1-4-13(17)14(11)19-12-5-8-18-15(9-12)6-2-7-15/h1,3-4,12H,2,5-10H2. The highest BCUT2D eigenvalue weighted by molar-refractivity contribution is 9.08. The predicted octanol–water partition coefficient (Wildman–Crippen LogP) is 4.72. The molecule has 104 valence electrons. The summed E-state index contributed by atoms with van der Waals surface area (Å²) in [5.41, 5.74) is 1.22. The summed E-state index contributed by atoms with van der Waals surface area (Å²) >= 11 is 9.76. The van der Waals surface area contributed by atoms with E-state index in [9.17, 15) is 0 Å². The largest absolute Gasteiger partial charge is 0.488 e. The van der Waals surface area contributed by atoms with Crippen molar-refractivity contribution in [3.63, 3.8) is 0 Å². The quantitative estimate of drug-likeness (QED) is 0.738. The van der Waals surface area contributed by atoms with Crippen LogP contribution in [0.1, 0.15) is 37.7 Å². The molecule has 2 fully saturated rings. The van der Waals surface area contributed by atoms with Crippen LogP contribution in [0.2, 0.25) is 5.02 Å². The fourth-order valence-electron chi connectivity index (χ4n) is 2.96. The SMILES string of the molecule is Clc1cccc(CBr)c1OC1CCOC2(CCC2)C1. The highest BCUT2D eigenvalue weighted by Crippen LogP contribution is 2.44. The number of hydrogen-bond donors (Lipinski definition) is 0. The molecule has 1 aromatic carbocycles. The lowest BCUT2D eigenvalue weighted by atomic mass is 9.74. The van der Waals surface area contributed by atoms with Gasteiger partial charge < -0.3 is 9.47 Å². The molecule has 0 bridgehead atoms. The molecule has 0 aromatic heterocycles. The number of alkyl halides is 1. The Morgan fingerprint density at radius 2 is 2.26 bits per heavy atom. The van der Waals surface area contributed by atoms with Gasteiger partial charge in [0.05, 0.1) is 17.2 Å². The second-order valence-electron chi connectivity index (χ2n) is 5.48. The van der Waals surface area contributed by atoms with Gasteiger partial charge in [0.1, 0.15) is 11.9 Å². The minimum Gasteiger partial charge on any atom is -0.488 e. The van der Waals surface area contributed by atoms with Crippen LogP contribution >= 0.6 is 27.5 Å². The molecule has 1 aliphatic carbocycles. The lowest BCUT2D eigenvalue weighted by Crippen LogP contribution is -2.48. The number of ether oxygens (including phenoxy) is 2. The molecule has 0 radical (unpaired) electrons. The highest BCUT2D eigenvalue weighted by Gasteiger charge is 2.43. The van der Waals surface area contributed by atoms with Crippen LogP contribution in [0.4, 0.5) is 0 Å². The number of hydrogen-bond acceptors (Lipinski definition) is 2. The maximum atomic E-state index is 6.27. The van der Waals surface area contributed by atoms with Crippen molar-refractivity contribution >= 4 is 27.5 Å². The molecule has 1 saturated carbocycles. The molecule has 0 amide bonds. The van der Waals surface area contributed by atoms with Crippen molar-refractivity contribution < 1.29 is 9.47 Å². The van der Waals surface area contributed by atoms with E-state index in [1.54, 1.807) is 0 Å². The fraction of sp³-hybridized carbons (Fsp3) is 0.600. The molecule has 1 heterocycles. The van der Waals surface area contributed by atoms with Gasteiger partial charge in [-0.3, -0.25) is 0 Å². The van der Waals surface area contributed by atoms with E-state index in [4.69, 9.17) is 21.1 Å². The van der Waals surface area contributed by atoms with Gasteiger partial charge >= 0.3 is 0 Å². The second-order valence-corrected chi connectivity index (χ2v) is 6.45. The van der Waals surface area contributed by atoms with Crippen LogP contribution in [0.3, 0.4) is 0 Å². The zero-order chi connectivity index (χ0) is 13.3. The maximum absolute atomic E-state index is 6.27. The molecule has 1 aliphatic heterocycles. The first kappa shape index (κ1) is 13.7. The fourth-order valence-corrected chi connectivity index (χ4v) is 3.64. The number of benzene rings is 1. The maximum Gasteiger partial charge on any atom is 0.142 e. The van der Waals surface area contributed by atoms with Crippen molar-refractivity contribution in [2.45, 2.75) is 49.1 Å². The summed E-state index contributed by atoms with van der Waals surface area (Å²) in [6.07, 6.45) is 5.83. The third-order valence-electron chi connectivity index (χ3n) is 4.19. The van der Waals surface area contributed by atoms with E-state index < -0.39 is 0 Å². The van der Waals surface area contributed by atoms with Crippen LogP contribution in [0.15, 0.2) is 18.2 Å². The topological polar surface area (TPSA) is 18.5 Å². The summed E-state index contributed by atoms with van der Waals surface area (Å²) in [5.74, 6) is 0.836. The summed E-state index contributed by atoms with van der Waals surface area (Å²) in [4.78, 5) is 0. The third-order valence-corrected chi connectivity index (χ3v) is 5.09. The number of halogens is 2. The summed E-state index contributed by atoms with van der Waals surface area (Å²) in [6, 6.07) is 5.90. The molecule has 0 N–H and O–H groups in total. The normalized spacial score (nSPS) is 25.1. The van der Waals surface area contributed by atoms with E-state index in [0.29, 0.717) is 5.02 Å². The van der Waals surface area contributed by atoms with Gasteiger partial charge in [-0.05, 0) is 25.3 Å². The summed E-state index contributed by atoms with van der Waals surface area (Å²) in [7, 11) is 0. The second kappa shape index (κ2) is 5.63. The lowest BCUT2D eigenvalue weighted by Gasteiger charge is -2.47. The Kier molecular flexibility index (Phi) is 4.06. The molecule has 4 heteroatoms. The Bertz CT molecular complexity index is 459. The molecular weight excluding hydrogens is 328 g/mol. The van der Waals surface area contributed by atoms with Crippen molar-refractivity contribution in [2.75, 3.05) is 6.61 Å². The van der Waals surface area contributed by atoms with E-state index in [1.807, 2.05) is 12.1 Å². The molecule has 2 nitrogen and oxygen atoms in total. The van der Waals surface area contributed by atoms with Gasteiger partial charge in [0, 0.05) is 23.7 Å². The van der Waals surface area contributed by atoms with Crippen LogP contribution < -0.4 is 4.74 Å². The minimum atomic E-state index is 0.110. The van der Waals surface area contributed by atoms with Crippen molar-refractivity contribution in [3.05, 3.63) is 28.8 Å². The lowest BCUT2D eigenvalue weighted by molar-refractivity contribution is -0.153. The Hall–Kier alpha value is -0.250. The third kappa shape index (κ3) is 2.79. The van der Waals surface area contributed by atoms with E-state index in [2.05, 4.69) is 22.0 Å². The van der Waals surface area contributed by atoms with Crippen LogP contribution in [0.25, 0.3) is 0 Å². The molecule has 1 atom stereocenters. The van der Waals surface area contributed by atoms with Crippen LogP contribution in [0.5, 0.6) is 5.75 Å². The first-order chi connectivity index (χ1) is 9.22. The molecule has 1 unspecified atom stereocenters. The highest BCUT2D eigenvalue weighted by atomic mass is 79.9. The average molecular weight is 346 g/mol. The van der Waals surface area contributed by atoms with Crippen molar-refractivity contribution in [3.8, 4) is 5.75 Å². The van der Waals surface area contributed by atoms with E-state index >= 15 is 0 Å². The smallest absolute Gasteiger partial charge is 0.142 e. The Labute approximate surface area is 127 Å². The average Bonchev–Trinajstić information content (AvgIpc) is 2.40. The van der Waals surface area contributed by atoms with Crippen molar-refractivity contribution in [2.24, 2.45) is 0 Å². The first-order valence-corrected chi connectivity index (χ1v) is 8.36. The van der Waals surface area contributed by atoms with Gasteiger partial charge in [0.25, 0.3) is 0 Å². The zero-order valence-electron chi connectivity index (χ0n) is 10.8. The van der Waals surface area contributed by atoms with Gasteiger partial charge in [-0.2, -0.15) is 0 Å². The molecule has 19 heavy (non-hydrogen) atoms. The molecule has 1 saturated heterocycles. The summed E-state index contributed by atoms with van der Waals surface area (Å²) in [5, 5.41) is 1.46. The summed E-state index contributed by atoms with van der Waals surface area (Å²) in [6.45, 7) is 0.804. The van der Waals surface area contributed by atoms with Gasteiger partial charge in [-0.15, -0.1) is 0 Å². The molecular formula is C15H18BrClO2. The Morgan fingerprint density at radius 3 is 2.95 bits per heavy atom. The monoisotopic (exact) mass is 344 g/mol. The number of para-hydroxylation sites is 1. The van der Waals surface area contributed by atoms with Crippen molar-refractivity contribution in [1.82, 2.24) is 0 Å². The van der Waals surface area contributed by atoms with E-state index in [0.717, 1.165) is 36.1 Å². The Morgan fingerprint density at radius 1 is 1.42 bits per heavy atom. The molecule has 3 rings (SSSR count). The molecule has 1 aromatic rings. The zero-order valence-corrected chi connectivity index (χ0v) is 13.2. The van der Waals surface area contributed by atoms with E-state index in [1.165, 1.54) is 19.3 Å². The van der Waals surface area contributed by atoms with Crippen LogP contribution in [0, 0.1) is 0 Å².